The first-order valence-electron chi connectivity index (χ1n) is 9.21. The lowest BCUT2D eigenvalue weighted by Crippen LogP contribution is -2.23. The number of carbonyl (C=O) groups is 2. The van der Waals surface area contributed by atoms with Crippen molar-refractivity contribution in [2.24, 2.45) is 5.92 Å². The van der Waals surface area contributed by atoms with Gasteiger partial charge in [-0.15, -0.1) is 0 Å². The third-order valence-electron chi connectivity index (χ3n) is 5.06. The smallest absolute Gasteiger partial charge is 0.304 e. The van der Waals surface area contributed by atoms with E-state index in [2.05, 4.69) is 10.1 Å². The number of amides is 1. The minimum atomic E-state index is -0.858. The second kappa shape index (κ2) is 9.53. The van der Waals surface area contributed by atoms with Gasteiger partial charge in [0.25, 0.3) is 0 Å². The molecular weight excluding hydrogens is 322 g/mol. The Kier molecular flexibility index (Phi) is 7.40. The summed E-state index contributed by atoms with van der Waals surface area (Å²) in [6, 6.07) is 0. The van der Waals surface area contributed by atoms with E-state index in [4.69, 9.17) is 4.52 Å². The van der Waals surface area contributed by atoms with E-state index in [0.29, 0.717) is 11.7 Å². The van der Waals surface area contributed by atoms with Crippen molar-refractivity contribution in [1.29, 1.82) is 0 Å². The van der Waals surface area contributed by atoms with Crippen LogP contribution in [-0.4, -0.2) is 39.1 Å². The van der Waals surface area contributed by atoms with Crippen molar-refractivity contribution in [2.75, 3.05) is 7.05 Å². The summed E-state index contributed by atoms with van der Waals surface area (Å²) < 4.78 is 5.29. The van der Waals surface area contributed by atoms with E-state index in [1.165, 1.54) is 43.9 Å². The zero-order chi connectivity index (χ0) is 18.2. The first kappa shape index (κ1) is 19.4. The molecular formula is C18H29N3O4. The highest BCUT2D eigenvalue weighted by atomic mass is 16.5. The summed E-state index contributed by atoms with van der Waals surface area (Å²) in [5.41, 5.74) is 0. The molecule has 7 heteroatoms. The predicted molar refractivity (Wildman–Crippen MR) is 91.9 cm³/mol. The number of carboxylic acid groups (broad SMARTS) is 1. The van der Waals surface area contributed by atoms with Crippen molar-refractivity contribution >= 4 is 11.9 Å². The van der Waals surface area contributed by atoms with Crippen LogP contribution in [0.25, 0.3) is 0 Å². The molecule has 1 aliphatic rings. The predicted octanol–water partition coefficient (Wildman–Crippen LogP) is 3.36. The van der Waals surface area contributed by atoms with Gasteiger partial charge in [-0.05, 0) is 12.3 Å². The van der Waals surface area contributed by atoms with Crippen molar-refractivity contribution in [2.45, 2.75) is 77.2 Å². The Labute approximate surface area is 148 Å². The lowest BCUT2D eigenvalue weighted by atomic mass is 9.84. The molecule has 1 heterocycles. The molecule has 2 rings (SSSR count). The van der Waals surface area contributed by atoms with Crippen molar-refractivity contribution < 1.29 is 19.2 Å². The number of rotatable bonds is 9. The lowest BCUT2D eigenvalue weighted by Gasteiger charge is -2.21. The molecule has 25 heavy (non-hydrogen) atoms. The number of hydrogen-bond acceptors (Lipinski definition) is 5. The Bertz CT molecular complexity index is 566. The third kappa shape index (κ3) is 6.48. The Morgan fingerprint density at radius 1 is 1.32 bits per heavy atom. The summed E-state index contributed by atoms with van der Waals surface area (Å²) in [7, 11) is 1.66. The van der Waals surface area contributed by atoms with Crippen molar-refractivity contribution in [3.8, 4) is 0 Å². The summed E-state index contributed by atoms with van der Waals surface area (Å²) >= 11 is 0. The van der Waals surface area contributed by atoms with E-state index in [0.717, 1.165) is 25.2 Å². The van der Waals surface area contributed by atoms with E-state index >= 15 is 0 Å². The SMILES string of the molecule is CC(=O)N(C)Cc1noc([C@H](CCCC2CCCCC2)CC(=O)O)n1. The van der Waals surface area contributed by atoms with Gasteiger partial charge >= 0.3 is 5.97 Å². The molecule has 1 aliphatic carbocycles. The van der Waals surface area contributed by atoms with Crippen molar-refractivity contribution in [1.82, 2.24) is 15.0 Å². The fraction of sp³-hybridized carbons (Fsp3) is 0.778. The van der Waals surface area contributed by atoms with Crippen LogP contribution in [-0.2, 0) is 16.1 Å². The van der Waals surface area contributed by atoms with E-state index in [1.807, 2.05) is 0 Å². The molecule has 1 N–H and O–H groups in total. The maximum absolute atomic E-state index is 11.3. The minimum absolute atomic E-state index is 0.00511. The van der Waals surface area contributed by atoms with E-state index in [1.54, 1.807) is 7.05 Å². The number of hydrogen-bond donors (Lipinski definition) is 1. The van der Waals surface area contributed by atoms with Gasteiger partial charge in [0.05, 0.1) is 13.0 Å². The van der Waals surface area contributed by atoms with Crippen molar-refractivity contribution in [3.63, 3.8) is 0 Å². The van der Waals surface area contributed by atoms with Crippen LogP contribution < -0.4 is 0 Å². The van der Waals surface area contributed by atoms with Crippen molar-refractivity contribution in [3.05, 3.63) is 11.7 Å². The van der Waals surface area contributed by atoms with Crippen LogP contribution in [0.2, 0.25) is 0 Å². The van der Waals surface area contributed by atoms with Gasteiger partial charge in [-0.2, -0.15) is 4.98 Å². The van der Waals surface area contributed by atoms with Gasteiger partial charge in [0.15, 0.2) is 5.82 Å². The highest BCUT2D eigenvalue weighted by Gasteiger charge is 2.23. The summed E-state index contributed by atoms with van der Waals surface area (Å²) in [5, 5.41) is 13.1. The zero-order valence-electron chi connectivity index (χ0n) is 15.2. The highest BCUT2D eigenvalue weighted by molar-refractivity contribution is 5.72. The quantitative estimate of drug-likeness (QED) is 0.733. The second-order valence-electron chi connectivity index (χ2n) is 7.15. The Morgan fingerprint density at radius 2 is 2.04 bits per heavy atom. The monoisotopic (exact) mass is 351 g/mol. The Morgan fingerprint density at radius 3 is 2.68 bits per heavy atom. The van der Waals surface area contributed by atoms with Crippen LogP contribution in [0.15, 0.2) is 4.52 Å². The number of nitrogens with zero attached hydrogens (tertiary/aromatic N) is 3. The maximum Gasteiger partial charge on any atom is 0.304 e. The van der Waals surface area contributed by atoms with Gasteiger partial charge in [-0.3, -0.25) is 9.59 Å². The number of carbonyl (C=O) groups excluding carboxylic acids is 1. The average Bonchev–Trinajstić information content (AvgIpc) is 3.03. The molecule has 7 nitrogen and oxygen atoms in total. The number of carboxylic acids is 1. The molecule has 1 aromatic rings. The van der Waals surface area contributed by atoms with Gasteiger partial charge in [0.1, 0.15) is 0 Å². The van der Waals surface area contributed by atoms with E-state index < -0.39 is 5.97 Å². The van der Waals surface area contributed by atoms with Gasteiger partial charge in [0, 0.05) is 19.9 Å². The largest absolute Gasteiger partial charge is 0.481 e. The summed E-state index contributed by atoms with van der Waals surface area (Å²) in [6.45, 7) is 1.74. The molecule has 0 bridgehead atoms. The fourth-order valence-electron chi connectivity index (χ4n) is 3.47. The van der Waals surface area contributed by atoms with Crippen LogP contribution >= 0.6 is 0 Å². The van der Waals surface area contributed by atoms with Crippen LogP contribution in [0, 0.1) is 5.92 Å². The molecule has 140 valence electrons. The van der Waals surface area contributed by atoms with Gasteiger partial charge < -0.3 is 14.5 Å². The first-order valence-corrected chi connectivity index (χ1v) is 9.21. The molecule has 1 atom stereocenters. The maximum atomic E-state index is 11.3. The molecule has 0 radical (unpaired) electrons. The Hall–Kier alpha value is -1.92. The zero-order valence-corrected chi connectivity index (χ0v) is 15.2. The average molecular weight is 351 g/mol. The molecule has 1 amide bonds. The molecule has 0 spiro atoms. The molecule has 1 aromatic heterocycles. The summed E-state index contributed by atoms with van der Waals surface area (Å²) in [5.74, 6) is 0.365. The topological polar surface area (TPSA) is 96.5 Å². The molecule has 0 aromatic carbocycles. The van der Waals surface area contributed by atoms with Crippen LogP contribution in [0.3, 0.4) is 0 Å². The van der Waals surface area contributed by atoms with Crippen LogP contribution in [0.5, 0.6) is 0 Å². The molecule has 1 fully saturated rings. The standard InChI is InChI=1S/C18H29N3O4/c1-13(22)21(2)12-16-19-18(25-20-16)15(11-17(23)24)10-6-9-14-7-4-3-5-8-14/h14-15H,3-12H2,1-2H3,(H,23,24)/t15-/m1/s1. The molecule has 1 saturated carbocycles. The fourth-order valence-corrected chi connectivity index (χ4v) is 3.47. The second-order valence-corrected chi connectivity index (χ2v) is 7.15. The summed E-state index contributed by atoms with van der Waals surface area (Å²) in [4.78, 5) is 28.3. The summed E-state index contributed by atoms with van der Waals surface area (Å²) in [6.07, 6.45) is 9.44. The van der Waals surface area contributed by atoms with Gasteiger partial charge in [-0.1, -0.05) is 50.1 Å². The minimum Gasteiger partial charge on any atom is -0.481 e. The Balaban J connectivity index is 1.90. The van der Waals surface area contributed by atoms with Gasteiger partial charge in [-0.25, -0.2) is 0 Å². The van der Waals surface area contributed by atoms with Crippen LogP contribution in [0.4, 0.5) is 0 Å². The third-order valence-corrected chi connectivity index (χ3v) is 5.06. The number of aromatic nitrogens is 2. The normalized spacial score (nSPS) is 16.6. The molecule has 0 saturated heterocycles. The molecule has 0 aliphatic heterocycles. The lowest BCUT2D eigenvalue weighted by molar-refractivity contribution is -0.137. The van der Waals surface area contributed by atoms with Crippen LogP contribution in [0.1, 0.15) is 82.3 Å². The molecule has 0 unspecified atom stereocenters. The highest BCUT2D eigenvalue weighted by Crippen LogP contribution is 2.31. The number of aliphatic carboxylic acids is 1. The van der Waals surface area contributed by atoms with E-state index in [-0.39, 0.29) is 24.8 Å². The van der Waals surface area contributed by atoms with E-state index in [9.17, 15) is 14.7 Å². The first-order chi connectivity index (χ1) is 12.0. The van der Waals surface area contributed by atoms with Gasteiger partial charge in [0.2, 0.25) is 11.8 Å².